The number of carbonyl (C=O) groups is 1. The molecule has 1 aliphatic rings. The number of nitrogens with zero attached hydrogens (tertiary/aromatic N) is 3. The van der Waals surface area contributed by atoms with Gasteiger partial charge in [0.2, 0.25) is 0 Å². The number of pyridine rings is 1. The van der Waals surface area contributed by atoms with Gasteiger partial charge in [0.1, 0.15) is 12.1 Å². The van der Waals surface area contributed by atoms with E-state index < -0.39 is 0 Å². The Hall–Kier alpha value is -0.940. The number of rotatable bonds is 6. The van der Waals surface area contributed by atoms with Crippen molar-refractivity contribution in [2.24, 2.45) is 0 Å². The number of hydrogen-bond donors (Lipinski definition) is 0. The summed E-state index contributed by atoms with van der Waals surface area (Å²) in [6.07, 6.45) is 5.08. The van der Waals surface area contributed by atoms with E-state index >= 15 is 0 Å². The van der Waals surface area contributed by atoms with Crippen molar-refractivity contribution in [2.75, 3.05) is 32.1 Å². The van der Waals surface area contributed by atoms with Crippen molar-refractivity contribution in [2.45, 2.75) is 18.4 Å². The van der Waals surface area contributed by atoms with E-state index in [1.807, 2.05) is 26.2 Å². The van der Waals surface area contributed by atoms with Gasteiger partial charge in [-0.15, -0.1) is 0 Å². The molecule has 0 N–H and O–H groups in total. The lowest BCUT2D eigenvalue weighted by Crippen LogP contribution is -2.44. The number of halogens is 1. The van der Waals surface area contributed by atoms with Crippen LogP contribution in [-0.2, 0) is 4.79 Å². The Balaban J connectivity index is 2.01. The highest BCUT2D eigenvalue weighted by Crippen LogP contribution is 2.41. The van der Waals surface area contributed by atoms with Crippen LogP contribution in [-0.4, -0.2) is 48.9 Å². The highest BCUT2D eigenvalue weighted by molar-refractivity contribution is 9.10. The number of anilines is 1. The third-order valence-electron chi connectivity index (χ3n) is 3.62. The van der Waals surface area contributed by atoms with Gasteiger partial charge in [-0.1, -0.05) is 0 Å². The van der Waals surface area contributed by atoms with Crippen LogP contribution in [0.15, 0.2) is 22.8 Å². The zero-order valence-corrected chi connectivity index (χ0v) is 12.4. The van der Waals surface area contributed by atoms with E-state index in [0.29, 0.717) is 6.54 Å². The topological polar surface area (TPSA) is 36.4 Å². The van der Waals surface area contributed by atoms with Crippen molar-refractivity contribution in [3.8, 4) is 0 Å². The molecule has 0 saturated heterocycles. The maximum Gasteiger partial charge on any atom is 0.133 e. The number of hydrogen-bond acceptors (Lipinski definition) is 4. The summed E-state index contributed by atoms with van der Waals surface area (Å²) in [6, 6.07) is 3.99. The molecule has 0 aliphatic heterocycles. The van der Waals surface area contributed by atoms with Gasteiger partial charge >= 0.3 is 0 Å². The average Bonchev–Trinajstić information content (AvgIpc) is 3.11. The van der Waals surface area contributed by atoms with Crippen molar-refractivity contribution in [3.05, 3.63) is 22.8 Å². The minimum absolute atomic E-state index is 0.157. The summed E-state index contributed by atoms with van der Waals surface area (Å²) in [5, 5.41) is 0. The second kappa shape index (κ2) is 5.36. The van der Waals surface area contributed by atoms with Gasteiger partial charge < -0.3 is 9.69 Å². The number of carbonyl (C=O) groups excluding carboxylic acids is 1. The van der Waals surface area contributed by atoms with Crippen LogP contribution in [0, 0.1) is 0 Å². The fourth-order valence-electron chi connectivity index (χ4n) is 2.23. The zero-order chi connectivity index (χ0) is 13.2. The van der Waals surface area contributed by atoms with Gasteiger partial charge in [-0.2, -0.15) is 0 Å². The molecular weight excluding hydrogens is 294 g/mol. The molecule has 0 bridgehead atoms. The molecule has 1 saturated carbocycles. The number of aromatic nitrogens is 1. The quantitative estimate of drug-likeness (QED) is 0.752. The molecule has 1 heterocycles. The minimum atomic E-state index is 0.157. The van der Waals surface area contributed by atoms with E-state index in [-0.39, 0.29) is 5.54 Å². The summed E-state index contributed by atoms with van der Waals surface area (Å²) in [5.74, 6) is 0.962. The van der Waals surface area contributed by atoms with E-state index in [0.717, 1.165) is 36.0 Å². The van der Waals surface area contributed by atoms with Crippen LogP contribution in [0.25, 0.3) is 0 Å². The minimum Gasteiger partial charge on any atom is -0.358 e. The second-order valence-corrected chi connectivity index (χ2v) is 5.88. The van der Waals surface area contributed by atoms with Gasteiger partial charge in [-0.25, -0.2) is 4.98 Å². The predicted octanol–water partition coefficient (Wildman–Crippen LogP) is 1.94. The Kier molecular flexibility index (Phi) is 4.02. The zero-order valence-electron chi connectivity index (χ0n) is 10.8. The Morgan fingerprint density at radius 2 is 2.17 bits per heavy atom. The summed E-state index contributed by atoms with van der Waals surface area (Å²) in [7, 11) is 4.06. The Labute approximate surface area is 116 Å². The Morgan fingerprint density at radius 3 is 2.67 bits per heavy atom. The third kappa shape index (κ3) is 2.90. The van der Waals surface area contributed by atoms with Gasteiger partial charge in [-0.05, 0) is 48.0 Å². The molecule has 4 nitrogen and oxygen atoms in total. The van der Waals surface area contributed by atoms with Gasteiger partial charge in [0.15, 0.2) is 0 Å². The highest BCUT2D eigenvalue weighted by atomic mass is 79.9. The molecule has 1 fully saturated rings. The van der Waals surface area contributed by atoms with Gasteiger partial charge in [-0.3, -0.25) is 4.90 Å². The van der Waals surface area contributed by atoms with E-state index in [9.17, 15) is 4.79 Å². The molecule has 1 aromatic rings. The van der Waals surface area contributed by atoms with Crippen LogP contribution in [0.4, 0.5) is 5.82 Å². The first-order valence-electron chi connectivity index (χ1n) is 6.05. The van der Waals surface area contributed by atoms with Crippen LogP contribution < -0.4 is 4.90 Å². The molecule has 98 valence electrons. The Morgan fingerprint density at radius 1 is 1.44 bits per heavy atom. The molecule has 0 amide bonds. The van der Waals surface area contributed by atoms with Crippen molar-refractivity contribution in [3.63, 3.8) is 0 Å². The lowest BCUT2D eigenvalue weighted by atomic mass is 10.2. The maximum absolute atomic E-state index is 10.6. The molecule has 0 aromatic carbocycles. The lowest BCUT2D eigenvalue weighted by Gasteiger charge is -2.31. The molecule has 0 atom stereocenters. The largest absolute Gasteiger partial charge is 0.358 e. The Bertz CT molecular complexity index is 417. The van der Waals surface area contributed by atoms with E-state index in [2.05, 4.69) is 30.7 Å². The average molecular weight is 312 g/mol. The molecule has 0 spiro atoms. The first-order valence-corrected chi connectivity index (χ1v) is 6.84. The standard InChI is InChI=1S/C13H18BrN3O/c1-16(12-4-3-11(14)9-15-12)10-13(5-6-13)17(2)7-8-18/h3-4,8-9H,5-7,10H2,1-2H3. The maximum atomic E-state index is 10.6. The monoisotopic (exact) mass is 311 g/mol. The van der Waals surface area contributed by atoms with E-state index in [4.69, 9.17) is 0 Å². The summed E-state index contributed by atoms with van der Waals surface area (Å²) in [6.45, 7) is 1.41. The predicted molar refractivity (Wildman–Crippen MR) is 75.9 cm³/mol. The summed E-state index contributed by atoms with van der Waals surface area (Å²) in [5.41, 5.74) is 0.157. The molecule has 0 radical (unpaired) electrons. The van der Waals surface area contributed by atoms with Gasteiger partial charge in [0.25, 0.3) is 0 Å². The number of aldehydes is 1. The summed E-state index contributed by atoms with van der Waals surface area (Å²) >= 11 is 3.38. The van der Waals surface area contributed by atoms with Gasteiger partial charge in [0, 0.05) is 29.8 Å². The van der Waals surface area contributed by atoms with Crippen LogP contribution in [0.5, 0.6) is 0 Å². The van der Waals surface area contributed by atoms with E-state index in [1.54, 1.807) is 6.20 Å². The smallest absolute Gasteiger partial charge is 0.133 e. The summed E-state index contributed by atoms with van der Waals surface area (Å²) < 4.78 is 0.985. The van der Waals surface area contributed by atoms with Crippen LogP contribution in [0.3, 0.4) is 0 Å². The fourth-order valence-corrected chi connectivity index (χ4v) is 2.46. The SMILES string of the molecule is CN(CC1(N(C)CC=O)CC1)c1ccc(Br)cn1. The molecule has 1 aromatic heterocycles. The fraction of sp³-hybridized carbons (Fsp3) is 0.538. The third-order valence-corrected chi connectivity index (χ3v) is 4.09. The first-order chi connectivity index (χ1) is 8.57. The second-order valence-electron chi connectivity index (χ2n) is 4.96. The van der Waals surface area contributed by atoms with Crippen LogP contribution in [0.2, 0.25) is 0 Å². The molecule has 18 heavy (non-hydrogen) atoms. The molecule has 0 unspecified atom stereocenters. The van der Waals surface area contributed by atoms with Crippen molar-refractivity contribution in [1.29, 1.82) is 0 Å². The van der Waals surface area contributed by atoms with Crippen molar-refractivity contribution >= 4 is 28.0 Å². The lowest BCUT2D eigenvalue weighted by molar-refractivity contribution is -0.109. The van der Waals surface area contributed by atoms with Crippen molar-refractivity contribution in [1.82, 2.24) is 9.88 Å². The summed E-state index contributed by atoms with van der Waals surface area (Å²) in [4.78, 5) is 19.3. The van der Waals surface area contributed by atoms with Gasteiger partial charge in [0.05, 0.1) is 6.54 Å². The highest BCUT2D eigenvalue weighted by Gasteiger charge is 2.46. The van der Waals surface area contributed by atoms with E-state index in [1.165, 1.54) is 0 Å². The normalized spacial score (nSPS) is 16.7. The number of likely N-dealkylation sites (N-methyl/N-ethyl adjacent to an activating group) is 2. The molecule has 2 rings (SSSR count). The van der Waals surface area contributed by atoms with Crippen LogP contribution >= 0.6 is 15.9 Å². The molecular formula is C13H18BrN3O. The first kappa shape index (κ1) is 13.5. The molecule has 5 heteroatoms. The van der Waals surface area contributed by atoms with Crippen LogP contribution in [0.1, 0.15) is 12.8 Å². The van der Waals surface area contributed by atoms with Crippen molar-refractivity contribution < 1.29 is 4.79 Å². The molecule has 1 aliphatic carbocycles.